The van der Waals surface area contributed by atoms with Gasteiger partial charge in [0, 0.05) is 23.1 Å². The minimum absolute atomic E-state index is 0.00439. The van der Waals surface area contributed by atoms with Crippen LogP contribution in [0.25, 0.3) is 0 Å². The van der Waals surface area contributed by atoms with E-state index in [1.165, 1.54) is 24.3 Å². The number of aryl methyl sites for hydroxylation is 1. The fourth-order valence-corrected chi connectivity index (χ4v) is 2.13. The van der Waals surface area contributed by atoms with Gasteiger partial charge in [0.2, 0.25) is 10.0 Å². The first kappa shape index (κ1) is 14.2. The Labute approximate surface area is 116 Å². The minimum Gasteiger partial charge on any atom is -0.322 e. The van der Waals surface area contributed by atoms with Crippen molar-refractivity contribution in [3.63, 3.8) is 0 Å². The highest BCUT2D eigenvalue weighted by atomic mass is 32.2. The number of amides is 1. The van der Waals surface area contributed by atoms with E-state index >= 15 is 0 Å². The van der Waals surface area contributed by atoms with Crippen molar-refractivity contribution in [3.05, 3.63) is 53.9 Å². The molecule has 1 aromatic heterocycles. The summed E-state index contributed by atoms with van der Waals surface area (Å²) >= 11 is 0. The van der Waals surface area contributed by atoms with Gasteiger partial charge in [0.15, 0.2) is 0 Å². The molecular formula is C13H13N3O3S. The van der Waals surface area contributed by atoms with Crippen molar-refractivity contribution >= 4 is 21.6 Å². The molecule has 1 heterocycles. The van der Waals surface area contributed by atoms with E-state index in [-0.39, 0.29) is 10.8 Å². The normalized spacial score (nSPS) is 11.1. The first-order valence-corrected chi connectivity index (χ1v) is 7.28. The van der Waals surface area contributed by atoms with Gasteiger partial charge in [-0.2, -0.15) is 0 Å². The number of aromatic nitrogens is 1. The van der Waals surface area contributed by atoms with Gasteiger partial charge < -0.3 is 5.32 Å². The zero-order valence-electron chi connectivity index (χ0n) is 10.7. The third-order valence-corrected chi connectivity index (χ3v) is 3.53. The average Bonchev–Trinajstić information content (AvgIpc) is 2.38. The molecule has 1 amide bonds. The number of anilines is 1. The number of rotatable bonds is 3. The van der Waals surface area contributed by atoms with Gasteiger partial charge in [-0.3, -0.25) is 9.78 Å². The van der Waals surface area contributed by atoms with Crippen molar-refractivity contribution in [1.29, 1.82) is 0 Å². The Balaban J connectivity index is 2.16. The molecule has 0 fully saturated rings. The maximum Gasteiger partial charge on any atom is 0.255 e. The zero-order chi connectivity index (χ0) is 14.8. The summed E-state index contributed by atoms with van der Waals surface area (Å²) in [6.07, 6.45) is 1.55. The average molecular weight is 291 g/mol. The van der Waals surface area contributed by atoms with E-state index in [9.17, 15) is 13.2 Å². The number of nitrogens with zero attached hydrogens (tertiary/aromatic N) is 1. The van der Waals surface area contributed by atoms with Crippen LogP contribution in [0, 0.1) is 6.92 Å². The summed E-state index contributed by atoms with van der Waals surface area (Å²) in [6, 6.07) is 8.89. The number of primary sulfonamides is 1. The van der Waals surface area contributed by atoms with Gasteiger partial charge in [0.05, 0.1) is 4.90 Å². The number of carbonyl (C=O) groups is 1. The molecule has 0 aliphatic heterocycles. The summed E-state index contributed by atoms with van der Waals surface area (Å²) in [5.41, 5.74) is 1.70. The van der Waals surface area contributed by atoms with Crippen LogP contribution >= 0.6 is 0 Å². The molecule has 0 unspecified atom stereocenters. The Kier molecular flexibility index (Phi) is 3.82. The first-order valence-electron chi connectivity index (χ1n) is 5.73. The Morgan fingerprint density at radius 1 is 1.20 bits per heavy atom. The maximum absolute atomic E-state index is 12.0. The molecule has 20 heavy (non-hydrogen) atoms. The summed E-state index contributed by atoms with van der Waals surface area (Å²) in [7, 11) is -3.73. The number of pyridine rings is 1. The number of carbonyl (C=O) groups excluding carboxylic acids is 1. The molecule has 0 bridgehead atoms. The Morgan fingerprint density at radius 3 is 2.40 bits per heavy atom. The Bertz CT molecular complexity index is 740. The predicted molar refractivity (Wildman–Crippen MR) is 74.7 cm³/mol. The minimum atomic E-state index is -3.73. The van der Waals surface area contributed by atoms with Crippen LogP contribution in [0.1, 0.15) is 16.1 Å². The molecule has 1 aromatic carbocycles. The van der Waals surface area contributed by atoms with E-state index in [4.69, 9.17) is 5.14 Å². The van der Waals surface area contributed by atoms with E-state index in [0.717, 1.165) is 5.69 Å². The summed E-state index contributed by atoms with van der Waals surface area (Å²) in [5, 5.41) is 7.66. The van der Waals surface area contributed by atoms with Gasteiger partial charge in [-0.1, -0.05) is 0 Å². The molecular weight excluding hydrogens is 278 g/mol. The van der Waals surface area contributed by atoms with Crippen molar-refractivity contribution < 1.29 is 13.2 Å². The third kappa shape index (κ3) is 3.40. The van der Waals surface area contributed by atoms with E-state index in [1.54, 1.807) is 25.3 Å². The van der Waals surface area contributed by atoms with Gasteiger partial charge >= 0.3 is 0 Å². The molecule has 0 saturated heterocycles. The number of nitrogens with two attached hydrogens (primary N) is 1. The smallest absolute Gasteiger partial charge is 0.255 e. The number of hydrogen-bond acceptors (Lipinski definition) is 4. The summed E-state index contributed by atoms with van der Waals surface area (Å²) in [5.74, 6) is -0.293. The van der Waals surface area contributed by atoms with E-state index < -0.39 is 10.0 Å². The zero-order valence-corrected chi connectivity index (χ0v) is 11.5. The van der Waals surface area contributed by atoms with E-state index in [0.29, 0.717) is 11.3 Å². The third-order valence-electron chi connectivity index (χ3n) is 2.60. The molecule has 0 aliphatic rings. The molecule has 2 aromatic rings. The predicted octanol–water partition coefficient (Wildman–Crippen LogP) is 1.29. The first-order chi connectivity index (χ1) is 9.36. The lowest BCUT2D eigenvalue weighted by atomic mass is 10.2. The van der Waals surface area contributed by atoms with Crippen LogP contribution in [0.3, 0.4) is 0 Å². The maximum atomic E-state index is 12.0. The fraction of sp³-hybridized carbons (Fsp3) is 0.0769. The topological polar surface area (TPSA) is 102 Å². The van der Waals surface area contributed by atoms with E-state index in [2.05, 4.69) is 10.3 Å². The lowest BCUT2D eigenvalue weighted by Crippen LogP contribution is -2.14. The van der Waals surface area contributed by atoms with Gasteiger partial charge in [0.25, 0.3) is 5.91 Å². The highest BCUT2D eigenvalue weighted by Gasteiger charge is 2.09. The second-order valence-corrected chi connectivity index (χ2v) is 5.77. The second-order valence-electron chi connectivity index (χ2n) is 4.21. The number of hydrogen-bond donors (Lipinski definition) is 2. The van der Waals surface area contributed by atoms with Crippen LogP contribution in [0.2, 0.25) is 0 Å². The van der Waals surface area contributed by atoms with Crippen molar-refractivity contribution in [2.45, 2.75) is 11.8 Å². The Morgan fingerprint density at radius 2 is 1.85 bits per heavy atom. The highest BCUT2D eigenvalue weighted by Crippen LogP contribution is 2.14. The van der Waals surface area contributed by atoms with Crippen LogP contribution in [-0.4, -0.2) is 19.3 Å². The number of sulfonamides is 1. The molecule has 3 N–H and O–H groups in total. The van der Waals surface area contributed by atoms with E-state index in [1.807, 2.05) is 0 Å². The largest absolute Gasteiger partial charge is 0.322 e. The second kappa shape index (κ2) is 5.40. The van der Waals surface area contributed by atoms with Gasteiger partial charge in [-0.05, 0) is 43.3 Å². The molecule has 0 aliphatic carbocycles. The number of benzene rings is 1. The number of nitrogens with one attached hydrogen (secondary N) is 1. The highest BCUT2D eigenvalue weighted by molar-refractivity contribution is 7.89. The molecule has 6 nitrogen and oxygen atoms in total. The molecule has 0 saturated carbocycles. The lowest BCUT2D eigenvalue weighted by Gasteiger charge is -2.06. The molecule has 104 valence electrons. The van der Waals surface area contributed by atoms with Gasteiger partial charge in [-0.15, -0.1) is 0 Å². The van der Waals surface area contributed by atoms with Crippen molar-refractivity contribution in [2.75, 3.05) is 5.32 Å². The Hall–Kier alpha value is -2.25. The van der Waals surface area contributed by atoms with Gasteiger partial charge in [0.1, 0.15) is 0 Å². The van der Waals surface area contributed by atoms with Crippen LogP contribution in [-0.2, 0) is 10.0 Å². The summed E-state index contributed by atoms with van der Waals surface area (Å²) in [4.78, 5) is 16.0. The standard InChI is InChI=1S/C13H13N3O3S/c1-9-8-10(6-7-15-9)13(17)16-11-2-4-12(5-3-11)20(14,18)19/h2-8H,1H3,(H,16,17)(H2,14,18,19). The summed E-state index contributed by atoms with van der Waals surface area (Å²) in [6.45, 7) is 1.79. The van der Waals surface area contributed by atoms with Crippen LogP contribution in [0.5, 0.6) is 0 Å². The fourth-order valence-electron chi connectivity index (χ4n) is 1.62. The monoisotopic (exact) mass is 291 g/mol. The van der Waals surface area contributed by atoms with Crippen molar-refractivity contribution in [2.24, 2.45) is 5.14 Å². The lowest BCUT2D eigenvalue weighted by molar-refractivity contribution is 0.102. The molecule has 7 heteroatoms. The van der Waals surface area contributed by atoms with Crippen molar-refractivity contribution in [1.82, 2.24) is 4.98 Å². The van der Waals surface area contributed by atoms with Crippen LogP contribution in [0.15, 0.2) is 47.5 Å². The molecule has 0 atom stereocenters. The summed E-state index contributed by atoms with van der Waals surface area (Å²) < 4.78 is 22.2. The van der Waals surface area contributed by atoms with Gasteiger partial charge in [-0.25, -0.2) is 13.6 Å². The quantitative estimate of drug-likeness (QED) is 0.889. The SMILES string of the molecule is Cc1cc(C(=O)Nc2ccc(S(N)(=O)=O)cc2)ccn1. The van der Waals surface area contributed by atoms with Crippen LogP contribution < -0.4 is 10.5 Å². The molecule has 0 spiro atoms. The molecule has 2 rings (SSSR count). The van der Waals surface area contributed by atoms with Crippen molar-refractivity contribution in [3.8, 4) is 0 Å². The molecule has 0 radical (unpaired) electrons. The van der Waals surface area contributed by atoms with Crippen LogP contribution in [0.4, 0.5) is 5.69 Å².